The van der Waals surface area contributed by atoms with Crippen LogP contribution in [-0.4, -0.2) is 33.3 Å². The average Bonchev–Trinajstić information content (AvgIpc) is 3.00. The van der Waals surface area contributed by atoms with Crippen molar-refractivity contribution in [2.45, 2.75) is 36.8 Å². The summed E-state index contributed by atoms with van der Waals surface area (Å²) in [6, 6.07) is 9.69. The third kappa shape index (κ3) is 6.71. The van der Waals surface area contributed by atoms with Crippen LogP contribution in [0, 0.1) is 0 Å². The van der Waals surface area contributed by atoms with Crippen LogP contribution in [0.25, 0.3) is 0 Å². The number of hydrogen-bond acceptors (Lipinski definition) is 5. The number of benzene rings is 2. The van der Waals surface area contributed by atoms with Gasteiger partial charge in [-0.3, -0.25) is 14.5 Å². The van der Waals surface area contributed by atoms with Crippen molar-refractivity contribution in [3.8, 4) is 5.75 Å². The van der Waals surface area contributed by atoms with Gasteiger partial charge < -0.3 is 10.1 Å². The molecule has 3 rings (SSSR count). The van der Waals surface area contributed by atoms with Crippen LogP contribution in [0.15, 0.2) is 58.4 Å². The largest absolute Gasteiger partial charge is 0.484 e. The van der Waals surface area contributed by atoms with Gasteiger partial charge in [0.2, 0.25) is 0 Å². The van der Waals surface area contributed by atoms with Crippen molar-refractivity contribution in [2.24, 2.45) is 4.99 Å². The SMILES string of the molecule is O=C(COc1cccc(C(F)(F)F)c1)Nc1ccc(S(=O)(=O)NC2=NCCCCC2)cc1. The number of sulfonamides is 1. The first-order valence-electron chi connectivity index (χ1n) is 9.90. The number of ether oxygens (including phenoxy) is 1. The number of amides is 1. The monoisotopic (exact) mass is 469 g/mol. The van der Waals surface area contributed by atoms with E-state index in [1.807, 2.05) is 0 Å². The van der Waals surface area contributed by atoms with Crippen LogP contribution in [0.2, 0.25) is 0 Å². The second-order valence-corrected chi connectivity index (χ2v) is 8.81. The molecule has 2 N–H and O–H groups in total. The van der Waals surface area contributed by atoms with Gasteiger partial charge in [-0.1, -0.05) is 12.5 Å². The smallest absolute Gasteiger partial charge is 0.416 e. The molecule has 0 spiro atoms. The van der Waals surface area contributed by atoms with E-state index in [1.54, 1.807) is 0 Å². The standard InChI is InChI=1S/C21H22F3N3O4S/c22-21(23,24)15-5-4-6-17(13-15)31-14-20(28)26-16-8-10-18(11-9-16)32(29,30)27-19-7-2-1-3-12-25-19/h4-6,8-11,13H,1-3,7,12,14H2,(H,25,27)(H,26,28). The Morgan fingerprint density at radius 1 is 1.06 bits per heavy atom. The summed E-state index contributed by atoms with van der Waals surface area (Å²) in [5, 5.41) is 2.50. The minimum atomic E-state index is -4.51. The summed E-state index contributed by atoms with van der Waals surface area (Å²) in [7, 11) is -3.79. The van der Waals surface area contributed by atoms with Crippen molar-refractivity contribution in [2.75, 3.05) is 18.5 Å². The topological polar surface area (TPSA) is 96.9 Å². The molecule has 7 nitrogen and oxygen atoms in total. The van der Waals surface area contributed by atoms with Crippen molar-refractivity contribution >= 4 is 27.5 Å². The van der Waals surface area contributed by atoms with Crippen LogP contribution in [0.4, 0.5) is 18.9 Å². The van der Waals surface area contributed by atoms with Gasteiger partial charge >= 0.3 is 6.18 Å². The predicted molar refractivity (Wildman–Crippen MR) is 113 cm³/mol. The van der Waals surface area contributed by atoms with Crippen molar-refractivity contribution < 1.29 is 31.1 Å². The van der Waals surface area contributed by atoms with Gasteiger partial charge in [0.25, 0.3) is 15.9 Å². The third-order valence-electron chi connectivity index (χ3n) is 4.61. The molecule has 2 aromatic rings. The van der Waals surface area contributed by atoms with Gasteiger partial charge in [0.05, 0.1) is 10.5 Å². The van der Waals surface area contributed by atoms with Gasteiger partial charge in [0.15, 0.2) is 6.61 Å². The maximum absolute atomic E-state index is 12.7. The van der Waals surface area contributed by atoms with Crippen molar-refractivity contribution in [1.82, 2.24) is 4.72 Å². The van der Waals surface area contributed by atoms with Crippen molar-refractivity contribution in [1.29, 1.82) is 0 Å². The fourth-order valence-corrected chi connectivity index (χ4v) is 4.09. The first kappa shape index (κ1) is 23.6. The molecule has 11 heteroatoms. The highest BCUT2D eigenvalue weighted by Gasteiger charge is 2.30. The van der Waals surface area contributed by atoms with E-state index in [9.17, 15) is 26.4 Å². The molecule has 32 heavy (non-hydrogen) atoms. The Kier molecular flexibility index (Phi) is 7.39. The number of halogens is 3. The summed E-state index contributed by atoms with van der Waals surface area (Å²) in [4.78, 5) is 16.3. The molecule has 1 aliphatic heterocycles. The highest BCUT2D eigenvalue weighted by Crippen LogP contribution is 2.31. The van der Waals surface area contributed by atoms with E-state index in [0.717, 1.165) is 31.4 Å². The molecule has 1 heterocycles. The van der Waals surface area contributed by atoms with Crippen LogP contribution in [-0.2, 0) is 21.0 Å². The number of amidine groups is 1. The molecule has 0 radical (unpaired) electrons. The number of anilines is 1. The number of nitrogens with zero attached hydrogens (tertiary/aromatic N) is 1. The van der Waals surface area contributed by atoms with Crippen LogP contribution in [0.5, 0.6) is 5.75 Å². The lowest BCUT2D eigenvalue weighted by atomic mass is 10.2. The first-order chi connectivity index (χ1) is 15.1. The normalized spacial score (nSPS) is 14.8. The van der Waals surface area contributed by atoms with Crippen LogP contribution in [0.3, 0.4) is 0 Å². The second kappa shape index (κ2) is 10.0. The number of carbonyl (C=O) groups is 1. The van der Waals surface area contributed by atoms with Crippen LogP contribution < -0.4 is 14.8 Å². The number of rotatable bonds is 6. The molecule has 2 aromatic carbocycles. The van der Waals surface area contributed by atoms with E-state index in [2.05, 4.69) is 15.0 Å². The third-order valence-corrected chi connectivity index (χ3v) is 6.00. The first-order valence-corrected chi connectivity index (χ1v) is 11.4. The number of nitrogens with one attached hydrogen (secondary N) is 2. The Morgan fingerprint density at radius 2 is 1.81 bits per heavy atom. The Morgan fingerprint density at radius 3 is 2.53 bits per heavy atom. The van der Waals surface area contributed by atoms with Crippen molar-refractivity contribution in [3.05, 3.63) is 54.1 Å². The zero-order chi connectivity index (χ0) is 23.2. The maximum Gasteiger partial charge on any atom is 0.416 e. The fraction of sp³-hybridized carbons (Fsp3) is 0.333. The summed E-state index contributed by atoms with van der Waals surface area (Å²) >= 11 is 0. The van der Waals surface area contributed by atoms with E-state index in [-0.39, 0.29) is 10.6 Å². The minimum Gasteiger partial charge on any atom is -0.484 e. The van der Waals surface area contributed by atoms with Gasteiger partial charge in [-0.25, -0.2) is 8.42 Å². The molecule has 0 bridgehead atoms. The summed E-state index contributed by atoms with van der Waals surface area (Å²) in [6.07, 6.45) is -1.15. The lowest BCUT2D eigenvalue weighted by Gasteiger charge is -2.11. The zero-order valence-corrected chi connectivity index (χ0v) is 17.8. The second-order valence-electron chi connectivity index (χ2n) is 7.13. The van der Waals surface area contributed by atoms with E-state index in [1.165, 1.54) is 36.4 Å². The Balaban J connectivity index is 1.56. The van der Waals surface area contributed by atoms with E-state index < -0.39 is 34.3 Å². The maximum atomic E-state index is 12.7. The Labute approximate surface area is 183 Å². The molecular formula is C21H22F3N3O4S. The molecule has 172 valence electrons. The average molecular weight is 469 g/mol. The van der Waals surface area contributed by atoms with E-state index >= 15 is 0 Å². The molecule has 0 unspecified atom stereocenters. The number of hydrogen-bond donors (Lipinski definition) is 2. The fourth-order valence-electron chi connectivity index (χ4n) is 3.00. The van der Waals surface area contributed by atoms with E-state index in [4.69, 9.17) is 4.74 Å². The molecular weight excluding hydrogens is 447 g/mol. The predicted octanol–water partition coefficient (Wildman–Crippen LogP) is 3.97. The summed E-state index contributed by atoms with van der Waals surface area (Å²) in [5.41, 5.74) is -0.566. The lowest BCUT2D eigenvalue weighted by molar-refractivity contribution is -0.137. The van der Waals surface area contributed by atoms with Gasteiger partial charge in [-0.2, -0.15) is 13.2 Å². The minimum absolute atomic E-state index is 0.0164. The molecule has 1 amide bonds. The molecule has 0 atom stereocenters. The van der Waals surface area contributed by atoms with Gasteiger partial charge in [0.1, 0.15) is 11.6 Å². The van der Waals surface area contributed by atoms with E-state index in [0.29, 0.717) is 24.5 Å². The number of carbonyl (C=O) groups excluding carboxylic acids is 1. The van der Waals surface area contributed by atoms with Crippen molar-refractivity contribution in [3.63, 3.8) is 0 Å². The van der Waals surface area contributed by atoms with Crippen LogP contribution >= 0.6 is 0 Å². The number of aliphatic imine (C=N–C) groups is 1. The summed E-state index contributed by atoms with van der Waals surface area (Å²) < 4.78 is 70.9. The molecule has 0 saturated heterocycles. The van der Waals surface area contributed by atoms with Gasteiger partial charge in [-0.15, -0.1) is 0 Å². The highest BCUT2D eigenvalue weighted by molar-refractivity contribution is 7.90. The summed E-state index contributed by atoms with van der Waals surface area (Å²) in [5.74, 6) is -0.264. The molecule has 0 fully saturated rings. The molecule has 0 saturated carbocycles. The summed E-state index contributed by atoms with van der Waals surface area (Å²) in [6.45, 7) is 0.0775. The molecule has 1 aliphatic rings. The Hall–Kier alpha value is -3.08. The lowest BCUT2D eigenvalue weighted by Crippen LogP contribution is -2.30. The highest BCUT2D eigenvalue weighted by atomic mass is 32.2. The van der Waals surface area contributed by atoms with Crippen LogP contribution in [0.1, 0.15) is 31.2 Å². The van der Waals surface area contributed by atoms with Gasteiger partial charge in [-0.05, 0) is 55.3 Å². The quantitative estimate of drug-likeness (QED) is 0.669. The molecule has 0 aromatic heterocycles. The number of alkyl halides is 3. The zero-order valence-electron chi connectivity index (χ0n) is 17.0. The van der Waals surface area contributed by atoms with Gasteiger partial charge in [0, 0.05) is 18.7 Å². The Bertz CT molecular complexity index is 1080. The molecule has 0 aliphatic carbocycles.